The van der Waals surface area contributed by atoms with Crippen molar-refractivity contribution in [2.75, 3.05) is 23.1 Å². The summed E-state index contributed by atoms with van der Waals surface area (Å²) >= 11 is 6.19. The summed E-state index contributed by atoms with van der Waals surface area (Å²) in [5.41, 5.74) is 2.78. The number of carbonyl (C=O) groups is 2. The number of ether oxygens (including phenoxy) is 1. The van der Waals surface area contributed by atoms with Crippen molar-refractivity contribution < 1.29 is 14.3 Å². The van der Waals surface area contributed by atoms with Crippen LogP contribution in [-0.4, -0.2) is 25.1 Å². The Bertz CT molecular complexity index is 1120. The van der Waals surface area contributed by atoms with E-state index in [0.717, 1.165) is 24.1 Å². The molecule has 4 rings (SSSR count). The minimum Gasteiger partial charge on any atom is -0.495 e. The zero-order chi connectivity index (χ0) is 23.2. The maximum atomic E-state index is 13.2. The first kappa shape index (κ1) is 22.5. The van der Waals surface area contributed by atoms with E-state index < -0.39 is 6.04 Å². The molecular formula is C25H25ClN4O3. The summed E-state index contributed by atoms with van der Waals surface area (Å²) in [6.07, 6.45) is 2.06. The highest BCUT2D eigenvalue weighted by Gasteiger charge is 2.23. The van der Waals surface area contributed by atoms with Crippen LogP contribution in [0.25, 0.3) is 0 Å². The van der Waals surface area contributed by atoms with Crippen molar-refractivity contribution in [3.05, 3.63) is 83.4 Å². The van der Waals surface area contributed by atoms with Gasteiger partial charge in [-0.1, -0.05) is 41.9 Å². The third-order valence-electron chi connectivity index (χ3n) is 5.18. The Morgan fingerprint density at radius 3 is 2.21 bits per heavy atom. The van der Waals surface area contributed by atoms with Gasteiger partial charge < -0.3 is 26.0 Å². The van der Waals surface area contributed by atoms with Crippen LogP contribution in [0.2, 0.25) is 5.02 Å². The molecule has 1 aliphatic carbocycles. The lowest BCUT2D eigenvalue weighted by Crippen LogP contribution is -2.30. The van der Waals surface area contributed by atoms with Crippen molar-refractivity contribution in [3.8, 4) is 5.75 Å². The van der Waals surface area contributed by atoms with E-state index in [1.807, 2.05) is 42.5 Å². The minimum atomic E-state index is -0.649. The van der Waals surface area contributed by atoms with Crippen LogP contribution in [0, 0.1) is 0 Å². The maximum absolute atomic E-state index is 13.2. The highest BCUT2D eigenvalue weighted by molar-refractivity contribution is 6.32. The van der Waals surface area contributed by atoms with Crippen LogP contribution in [0.3, 0.4) is 0 Å². The first-order valence-corrected chi connectivity index (χ1v) is 11.0. The van der Waals surface area contributed by atoms with Crippen LogP contribution in [0.1, 0.15) is 24.4 Å². The maximum Gasteiger partial charge on any atom is 0.319 e. The molecule has 33 heavy (non-hydrogen) atoms. The molecule has 4 N–H and O–H groups in total. The number of urea groups is 1. The van der Waals surface area contributed by atoms with Gasteiger partial charge in [0.25, 0.3) is 5.91 Å². The molecule has 0 radical (unpaired) electrons. The van der Waals surface area contributed by atoms with Gasteiger partial charge in [0.1, 0.15) is 11.8 Å². The molecule has 0 spiro atoms. The molecule has 170 valence electrons. The van der Waals surface area contributed by atoms with Gasteiger partial charge >= 0.3 is 6.03 Å². The summed E-state index contributed by atoms with van der Waals surface area (Å²) in [5, 5.41) is 12.3. The Kier molecular flexibility index (Phi) is 7.00. The average molecular weight is 465 g/mol. The summed E-state index contributed by atoms with van der Waals surface area (Å²) < 4.78 is 5.17. The van der Waals surface area contributed by atoms with Crippen molar-refractivity contribution in [2.24, 2.45) is 0 Å². The van der Waals surface area contributed by atoms with E-state index >= 15 is 0 Å². The Morgan fingerprint density at radius 2 is 1.58 bits per heavy atom. The van der Waals surface area contributed by atoms with Crippen molar-refractivity contribution in [2.45, 2.75) is 24.9 Å². The second-order valence-electron chi connectivity index (χ2n) is 7.78. The van der Waals surface area contributed by atoms with Crippen molar-refractivity contribution in [1.82, 2.24) is 5.32 Å². The number of nitrogens with one attached hydrogen (secondary N) is 4. The monoisotopic (exact) mass is 464 g/mol. The highest BCUT2D eigenvalue weighted by atomic mass is 35.5. The normalized spacial score (nSPS) is 13.5. The molecule has 1 atom stereocenters. The number of benzene rings is 3. The topological polar surface area (TPSA) is 91.5 Å². The molecule has 3 amide bonds. The number of hydrogen-bond acceptors (Lipinski definition) is 4. The quantitative estimate of drug-likeness (QED) is 0.358. The first-order chi connectivity index (χ1) is 16.0. The second kappa shape index (κ2) is 10.3. The lowest BCUT2D eigenvalue weighted by Gasteiger charge is -2.20. The van der Waals surface area contributed by atoms with Gasteiger partial charge in [-0.2, -0.15) is 0 Å². The number of hydrogen-bond donors (Lipinski definition) is 4. The number of carbonyl (C=O) groups excluding carboxylic acids is 2. The Hall–Kier alpha value is -3.71. The second-order valence-corrected chi connectivity index (χ2v) is 8.18. The Morgan fingerprint density at radius 1 is 0.909 bits per heavy atom. The predicted molar refractivity (Wildman–Crippen MR) is 131 cm³/mol. The summed E-state index contributed by atoms with van der Waals surface area (Å²) in [4.78, 5) is 25.1. The van der Waals surface area contributed by atoms with Gasteiger partial charge in [0.2, 0.25) is 0 Å². The van der Waals surface area contributed by atoms with E-state index in [1.54, 1.807) is 30.3 Å². The largest absolute Gasteiger partial charge is 0.495 e. The van der Waals surface area contributed by atoms with Crippen LogP contribution in [0.4, 0.5) is 21.9 Å². The van der Waals surface area contributed by atoms with Crippen LogP contribution < -0.4 is 26.0 Å². The number of halogens is 1. The molecular weight excluding hydrogens is 440 g/mol. The summed E-state index contributed by atoms with van der Waals surface area (Å²) in [7, 11) is 1.54. The van der Waals surface area contributed by atoms with E-state index in [9.17, 15) is 9.59 Å². The molecule has 3 aromatic rings. The van der Waals surface area contributed by atoms with Gasteiger partial charge in [-0.05, 0) is 60.9 Å². The highest BCUT2D eigenvalue weighted by Crippen LogP contribution is 2.29. The lowest BCUT2D eigenvalue weighted by molar-refractivity contribution is -0.117. The summed E-state index contributed by atoms with van der Waals surface area (Å²) in [6.45, 7) is 0. The van der Waals surface area contributed by atoms with Gasteiger partial charge in [0, 0.05) is 23.1 Å². The van der Waals surface area contributed by atoms with Crippen LogP contribution in [0.15, 0.2) is 72.8 Å². The Balaban J connectivity index is 1.47. The zero-order valence-corrected chi connectivity index (χ0v) is 18.9. The van der Waals surface area contributed by atoms with E-state index in [4.69, 9.17) is 16.3 Å². The third kappa shape index (κ3) is 6.17. The van der Waals surface area contributed by atoms with Crippen LogP contribution >= 0.6 is 11.6 Å². The summed E-state index contributed by atoms with van der Waals surface area (Å²) in [5.74, 6) is 0.292. The number of anilines is 3. The van der Waals surface area contributed by atoms with Gasteiger partial charge in [-0.3, -0.25) is 4.79 Å². The minimum absolute atomic E-state index is 0.210. The van der Waals surface area contributed by atoms with E-state index in [2.05, 4.69) is 21.3 Å². The zero-order valence-electron chi connectivity index (χ0n) is 18.1. The molecule has 0 bridgehead atoms. The molecule has 7 nitrogen and oxygen atoms in total. The molecule has 1 fully saturated rings. The average Bonchev–Trinajstić information content (AvgIpc) is 3.63. The fourth-order valence-corrected chi connectivity index (χ4v) is 3.56. The molecule has 1 unspecified atom stereocenters. The molecule has 0 saturated heterocycles. The van der Waals surface area contributed by atoms with Crippen LogP contribution in [0.5, 0.6) is 5.75 Å². The van der Waals surface area contributed by atoms with Crippen molar-refractivity contribution >= 4 is 40.6 Å². The predicted octanol–water partition coefficient (Wildman–Crippen LogP) is 5.42. The van der Waals surface area contributed by atoms with Crippen LogP contribution in [-0.2, 0) is 4.79 Å². The van der Waals surface area contributed by atoms with Crippen molar-refractivity contribution in [3.63, 3.8) is 0 Å². The number of amides is 3. The van der Waals surface area contributed by atoms with Gasteiger partial charge in [0.15, 0.2) is 0 Å². The van der Waals surface area contributed by atoms with Gasteiger partial charge in [-0.25, -0.2) is 4.79 Å². The number of methoxy groups -OCH3 is 1. The molecule has 0 aromatic heterocycles. The molecule has 3 aromatic carbocycles. The van der Waals surface area contributed by atoms with Gasteiger partial charge in [0.05, 0.1) is 12.1 Å². The first-order valence-electron chi connectivity index (χ1n) is 10.7. The summed E-state index contributed by atoms with van der Waals surface area (Å²) in [6, 6.07) is 21.2. The van der Waals surface area contributed by atoms with Crippen molar-refractivity contribution in [1.29, 1.82) is 0 Å². The molecule has 8 heteroatoms. The fourth-order valence-electron chi connectivity index (χ4n) is 3.30. The lowest BCUT2D eigenvalue weighted by atomic mass is 10.1. The molecule has 0 heterocycles. The smallest absolute Gasteiger partial charge is 0.319 e. The standard InChI is InChI=1S/C25H25ClN4O3/c1-33-22-14-13-20(15-21(22)26)28-24(31)23(16-5-3-2-4-6-16)27-17-7-9-18(10-8-17)29-25(32)30-19-11-12-19/h2-10,13-15,19,23,27H,11-12H2,1H3,(H,28,31)(H2,29,30,32). The van der Waals surface area contributed by atoms with E-state index in [0.29, 0.717) is 22.1 Å². The van der Waals surface area contributed by atoms with Gasteiger partial charge in [-0.15, -0.1) is 0 Å². The fraction of sp³-hybridized carbons (Fsp3) is 0.200. The Labute approximate surface area is 197 Å². The van der Waals surface area contributed by atoms with E-state index in [-0.39, 0.29) is 18.0 Å². The number of rotatable bonds is 8. The molecule has 1 saturated carbocycles. The molecule has 1 aliphatic rings. The molecule has 0 aliphatic heterocycles. The third-order valence-corrected chi connectivity index (χ3v) is 5.48. The SMILES string of the molecule is COc1ccc(NC(=O)C(Nc2ccc(NC(=O)NC3CC3)cc2)c2ccccc2)cc1Cl. The van der Waals surface area contributed by atoms with E-state index in [1.165, 1.54) is 7.11 Å².